The Bertz CT molecular complexity index is 717. The highest BCUT2D eigenvalue weighted by Crippen LogP contribution is 2.30. The van der Waals surface area contributed by atoms with Crippen molar-refractivity contribution in [2.24, 2.45) is 11.8 Å². The lowest BCUT2D eigenvalue weighted by molar-refractivity contribution is -0.161. The third kappa shape index (κ3) is 7.35. The van der Waals surface area contributed by atoms with Gasteiger partial charge in [0.25, 0.3) is 0 Å². The molecule has 2 rings (SSSR count). The SMILES string of the molecule is CC(C)(C)OC(=O)[C@@H](Cc1cccc(CO)c1)[C@H]1CCN(C(=O)OC(C)(C)C)C1. The van der Waals surface area contributed by atoms with E-state index in [1.165, 1.54) is 0 Å². The number of aliphatic hydroxyl groups excluding tert-OH is 1. The van der Waals surface area contributed by atoms with E-state index in [1.807, 2.05) is 65.8 Å². The summed E-state index contributed by atoms with van der Waals surface area (Å²) in [5, 5.41) is 9.41. The number of carbonyl (C=O) groups is 2. The van der Waals surface area contributed by atoms with Crippen molar-refractivity contribution >= 4 is 12.1 Å². The van der Waals surface area contributed by atoms with Crippen molar-refractivity contribution in [2.45, 2.75) is 72.2 Å². The molecule has 2 atom stereocenters. The van der Waals surface area contributed by atoms with Gasteiger partial charge in [-0.05, 0) is 71.4 Å². The fraction of sp³-hybridized carbons (Fsp3) is 0.652. The molecule has 0 aromatic heterocycles. The lowest BCUT2D eigenvalue weighted by atomic mass is 9.85. The summed E-state index contributed by atoms with van der Waals surface area (Å²) in [7, 11) is 0. The Balaban J connectivity index is 2.17. The molecule has 6 heteroatoms. The van der Waals surface area contributed by atoms with Crippen LogP contribution in [0.4, 0.5) is 4.79 Å². The van der Waals surface area contributed by atoms with Gasteiger partial charge in [-0.3, -0.25) is 4.79 Å². The Morgan fingerprint density at radius 3 is 2.31 bits per heavy atom. The summed E-state index contributed by atoms with van der Waals surface area (Å²) < 4.78 is 11.2. The molecule has 162 valence electrons. The predicted molar refractivity (Wildman–Crippen MR) is 111 cm³/mol. The smallest absolute Gasteiger partial charge is 0.410 e. The van der Waals surface area contributed by atoms with Crippen molar-refractivity contribution in [1.29, 1.82) is 0 Å². The number of rotatable bonds is 5. The third-order valence-electron chi connectivity index (χ3n) is 4.78. The van der Waals surface area contributed by atoms with Gasteiger partial charge in [-0.2, -0.15) is 0 Å². The van der Waals surface area contributed by atoms with Crippen LogP contribution < -0.4 is 0 Å². The maximum absolute atomic E-state index is 13.0. The first-order valence-corrected chi connectivity index (χ1v) is 10.3. The van der Waals surface area contributed by atoms with Crippen LogP contribution in [0.2, 0.25) is 0 Å². The number of carbonyl (C=O) groups excluding carboxylic acids is 2. The Morgan fingerprint density at radius 2 is 1.72 bits per heavy atom. The molecule has 1 saturated heterocycles. The second kappa shape index (κ2) is 9.16. The molecule has 0 radical (unpaired) electrons. The van der Waals surface area contributed by atoms with Crippen molar-refractivity contribution in [1.82, 2.24) is 4.90 Å². The number of hydrogen-bond donors (Lipinski definition) is 1. The van der Waals surface area contributed by atoms with E-state index in [2.05, 4.69) is 0 Å². The van der Waals surface area contributed by atoms with E-state index in [4.69, 9.17) is 9.47 Å². The van der Waals surface area contributed by atoms with Gasteiger partial charge in [0, 0.05) is 13.1 Å². The number of amides is 1. The highest BCUT2D eigenvalue weighted by atomic mass is 16.6. The molecule has 1 aromatic rings. The van der Waals surface area contributed by atoms with Crippen LogP contribution in [0.15, 0.2) is 24.3 Å². The lowest BCUT2D eigenvalue weighted by Crippen LogP contribution is -2.38. The summed E-state index contributed by atoms with van der Waals surface area (Å²) in [6.45, 7) is 12.1. The van der Waals surface area contributed by atoms with E-state index in [0.29, 0.717) is 19.5 Å². The molecule has 1 fully saturated rings. The number of ether oxygens (including phenoxy) is 2. The van der Waals surface area contributed by atoms with Crippen molar-refractivity contribution < 1.29 is 24.2 Å². The average Bonchev–Trinajstić information content (AvgIpc) is 3.06. The van der Waals surface area contributed by atoms with Crippen molar-refractivity contribution in [3.05, 3.63) is 35.4 Å². The summed E-state index contributed by atoms with van der Waals surface area (Å²) in [6.07, 6.45) is 0.892. The molecule has 0 bridgehead atoms. The van der Waals surface area contributed by atoms with Gasteiger partial charge < -0.3 is 19.5 Å². The minimum atomic E-state index is -0.578. The first-order chi connectivity index (χ1) is 13.4. The monoisotopic (exact) mass is 405 g/mol. The zero-order valence-electron chi connectivity index (χ0n) is 18.5. The Labute approximate surface area is 174 Å². The van der Waals surface area contributed by atoms with E-state index < -0.39 is 11.2 Å². The second-order valence-corrected chi connectivity index (χ2v) is 9.80. The van der Waals surface area contributed by atoms with Gasteiger partial charge in [0.2, 0.25) is 0 Å². The maximum Gasteiger partial charge on any atom is 0.410 e. The highest BCUT2D eigenvalue weighted by molar-refractivity contribution is 5.74. The van der Waals surface area contributed by atoms with Crippen LogP contribution in [0.1, 0.15) is 59.1 Å². The molecule has 1 heterocycles. The van der Waals surface area contributed by atoms with Crippen LogP contribution in [0, 0.1) is 11.8 Å². The van der Waals surface area contributed by atoms with Crippen LogP contribution in [-0.4, -0.2) is 46.4 Å². The lowest BCUT2D eigenvalue weighted by Gasteiger charge is -2.28. The second-order valence-electron chi connectivity index (χ2n) is 9.80. The number of aliphatic hydroxyl groups is 1. The number of benzene rings is 1. The molecule has 1 amide bonds. The van der Waals surface area contributed by atoms with Gasteiger partial charge in [0.15, 0.2) is 0 Å². The topological polar surface area (TPSA) is 76.1 Å². The van der Waals surface area contributed by atoms with Crippen LogP contribution in [0.25, 0.3) is 0 Å². The molecular formula is C23H35NO5. The van der Waals surface area contributed by atoms with Gasteiger partial charge in [0.05, 0.1) is 12.5 Å². The summed E-state index contributed by atoms with van der Waals surface area (Å²) in [5.41, 5.74) is 0.659. The highest BCUT2D eigenvalue weighted by Gasteiger charge is 2.39. The van der Waals surface area contributed by atoms with Gasteiger partial charge in [-0.25, -0.2) is 4.79 Å². The number of nitrogens with zero attached hydrogens (tertiary/aromatic N) is 1. The molecule has 1 aliphatic heterocycles. The zero-order chi connectivity index (χ0) is 21.8. The Kier molecular flexibility index (Phi) is 7.33. The van der Waals surface area contributed by atoms with Crippen molar-refractivity contribution in [2.75, 3.05) is 13.1 Å². The Morgan fingerprint density at radius 1 is 1.10 bits per heavy atom. The molecule has 6 nitrogen and oxygen atoms in total. The van der Waals surface area contributed by atoms with Crippen LogP contribution in [-0.2, 0) is 27.3 Å². The largest absolute Gasteiger partial charge is 0.460 e. The normalized spacial score (nSPS) is 18.4. The summed E-state index contributed by atoms with van der Waals surface area (Å²) >= 11 is 0. The standard InChI is InChI=1S/C23H35NO5/c1-22(2,3)28-20(26)19(13-16-8-7-9-17(12-16)15-25)18-10-11-24(14-18)21(27)29-23(4,5)6/h7-9,12,18-19,25H,10-11,13-15H2,1-6H3/t18-,19-/m0/s1. The van der Waals surface area contributed by atoms with Crippen molar-refractivity contribution in [3.8, 4) is 0 Å². The van der Waals surface area contributed by atoms with Gasteiger partial charge in [-0.1, -0.05) is 24.3 Å². The molecule has 0 unspecified atom stereocenters. The molecule has 29 heavy (non-hydrogen) atoms. The van der Waals surface area contributed by atoms with Gasteiger partial charge in [0.1, 0.15) is 11.2 Å². The number of hydrogen-bond acceptors (Lipinski definition) is 5. The van der Waals surface area contributed by atoms with Gasteiger partial charge in [-0.15, -0.1) is 0 Å². The molecule has 1 aromatic carbocycles. The number of likely N-dealkylation sites (tertiary alicyclic amines) is 1. The Hall–Kier alpha value is -2.08. The minimum Gasteiger partial charge on any atom is -0.460 e. The molecular weight excluding hydrogens is 370 g/mol. The average molecular weight is 406 g/mol. The zero-order valence-corrected chi connectivity index (χ0v) is 18.5. The maximum atomic E-state index is 13.0. The van der Waals surface area contributed by atoms with Crippen LogP contribution >= 0.6 is 0 Å². The van der Waals surface area contributed by atoms with E-state index in [1.54, 1.807) is 4.90 Å². The van der Waals surface area contributed by atoms with Crippen molar-refractivity contribution in [3.63, 3.8) is 0 Å². The van der Waals surface area contributed by atoms with E-state index >= 15 is 0 Å². The molecule has 0 saturated carbocycles. The van der Waals surface area contributed by atoms with E-state index in [0.717, 1.165) is 17.5 Å². The van der Waals surface area contributed by atoms with Gasteiger partial charge >= 0.3 is 12.1 Å². The minimum absolute atomic E-state index is 0.00449. The summed E-state index contributed by atoms with van der Waals surface area (Å²) in [5.74, 6) is -0.617. The predicted octanol–water partition coefficient (Wildman–Crippen LogP) is 3.94. The summed E-state index contributed by atoms with van der Waals surface area (Å²) in [6, 6.07) is 7.61. The summed E-state index contributed by atoms with van der Waals surface area (Å²) in [4.78, 5) is 27.1. The molecule has 1 aliphatic rings. The first-order valence-electron chi connectivity index (χ1n) is 10.3. The fourth-order valence-electron chi connectivity index (χ4n) is 3.54. The van der Waals surface area contributed by atoms with E-state index in [-0.39, 0.29) is 30.5 Å². The van der Waals surface area contributed by atoms with E-state index in [9.17, 15) is 14.7 Å². The first kappa shape index (κ1) is 23.2. The van der Waals surface area contributed by atoms with Crippen LogP contribution in [0.5, 0.6) is 0 Å². The molecule has 0 spiro atoms. The number of esters is 1. The molecule has 0 aliphatic carbocycles. The quantitative estimate of drug-likeness (QED) is 0.751. The molecule has 1 N–H and O–H groups in total. The third-order valence-corrected chi connectivity index (χ3v) is 4.78. The fourth-order valence-corrected chi connectivity index (χ4v) is 3.54. The van der Waals surface area contributed by atoms with Crippen LogP contribution in [0.3, 0.4) is 0 Å².